The molecule has 1 aliphatic heterocycles. The van der Waals surface area contributed by atoms with Crippen LogP contribution in [-0.2, 0) is 9.47 Å². The van der Waals surface area contributed by atoms with E-state index in [9.17, 15) is 0 Å². The second-order valence-electron chi connectivity index (χ2n) is 3.32. The Morgan fingerprint density at radius 2 is 2.42 bits per heavy atom. The van der Waals surface area contributed by atoms with Crippen LogP contribution < -0.4 is 5.73 Å². The predicted molar refractivity (Wildman–Crippen MR) is 47.8 cm³/mol. The number of nitrogens with two attached hydrogens (primary N) is 1. The highest BCUT2D eigenvalue weighted by molar-refractivity contribution is 4.57. The Labute approximate surface area is 74.2 Å². The van der Waals surface area contributed by atoms with E-state index in [4.69, 9.17) is 15.2 Å². The monoisotopic (exact) mass is 173 g/mol. The summed E-state index contributed by atoms with van der Waals surface area (Å²) in [6.45, 7) is 3.58. The molecule has 1 heterocycles. The Kier molecular flexibility index (Phi) is 4.58. The molecule has 12 heavy (non-hydrogen) atoms. The molecule has 0 aromatic heterocycles. The lowest BCUT2D eigenvalue weighted by molar-refractivity contribution is -0.184. The largest absolute Gasteiger partial charge is 0.353 e. The molecule has 1 saturated heterocycles. The molecule has 0 amide bonds. The molecule has 0 spiro atoms. The maximum Gasteiger partial charge on any atom is 0.157 e. The van der Waals surface area contributed by atoms with Gasteiger partial charge in [0.05, 0.1) is 6.10 Å². The van der Waals surface area contributed by atoms with Gasteiger partial charge >= 0.3 is 0 Å². The highest BCUT2D eigenvalue weighted by Crippen LogP contribution is 2.15. The maximum absolute atomic E-state index is 5.63. The van der Waals surface area contributed by atoms with Gasteiger partial charge < -0.3 is 15.2 Å². The van der Waals surface area contributed by atoms with Crippen molar-refractivity contribution in [1.82, 2.24) is 0 Å². The smallest absolute Gasteiger partial charge is 0.157 e. The summed E-state index contributed by atoms with van der Waals surface area (Å²) in [5.41, 5.74) is 5.41. The quantitative estimate of drug-likeness (QED) is 0.696. The van der Waals surface area contributed by atoms with Crippen LogP contribution in [0.15, 0.2) is 0 Å². The molecule has 0 bridgehead atoms. The van der Waals surface area contributed by atoms with Crippen molar-refractivity contribution >= 4 is 0 Å². The van der Waals surface area contributed by atoms with Gasteiger partial charge in [0, 0.05) is 6.61 Å². The first-order valence-electron chi connectivity index (χ1n) is 4.80. The SMILES string of the molecule is C[C@H](CCN)O[C@@H]1CCCCO1. The van der Waals surface area contributed by atoms with E-state index in [-0.39, 0.29) is 12.4 Å². The molecule has 1 fully saturated rings. The average molecular weight is 173 g/mol. The molecule has 0 unspecified atom stereocenters. The molecule has 0 saturated carbocycles. The van der Waals surface area contributed by atoms with Gasteiger partial charge in [-0.3, -0.25) is 0 Å². The lowest BCUT2D eigenvalue weighted by Crippen LogP contribution is -2.27. The van der Waals surface area contributed by atoms with E-state index in [0.717, 1.165) is 19.4 Å². The van der Waals surface area contributed by atoms with Gasteiger partial charge in [0.25, 0.3) is 0 Å². The van der Waals surface area contributed by atoms with Gasteiger partial charge in [0.2, 0.25) is 0 Å². The molecule has 1 rings (SSSR count). The lowest BCUT2D eigenvalue weighted by atomic mass is 10.2. The fourth-order valence-electron chi connectivity index (χ4n) is 1.38. The third-order valence-corrected chi connectivity index (χ3v) is 2.10. The van der Waals surface area contributed by atoms with Crippen LogP contribution in [0, 0.1) is 0 Å². The third-order valence-electron chi connectivity index (χ3n) is 2.10. The van der Waals surface area contributed by atoms with Gasteiger partial charge in [0.15, 0.2) is 6.29 Å². The molecule has 3 heteroatoms. The van der Waals surface area contributed by atoms with Crippen LogP contribution in [0.5, 0.6) is 0 Å². The van der Waals surface area contributed by atoms with Crippen molar-refractivity contribution in [2.45, 2.75) is 45.0 Å². The average Bonchev–Trinajstić information content (AvgIpc) is 2.06. The van der Waals surface area contributed by atoms with Crippen molar-refractivity contribution in [3.05, 3.63) is 0 Å². The first-order valence-corrected chi connectivity index (χ1v) is 4.80. The van der Waals surface area contributed by atoms with Gasteiger partial charge in [-0.25, -0.2) is 0 Å². The summed E-state index contributed by atoms with van der Waals surface area (Å²) in [4.78, 5) is 0. The Balaban J connectivity index is 2.11. The molecule has 2 atom stereocenters. The summed E-state index contributed by atoms with van der Waals surface area (Å²) in [7, 11) is 0. The van der Waals surface area contributed by atoms with Crippen molar-refractivity contribution in [2.75, 3.05) is 13.2 Å². The molecule has 0 aromatic rings. The third kappa shape index (κ3) is 3.52. The predicted octanol–water partition coefficient (Wildman–Crippen LogP) is 1.27. The first kappa shape index (κ1) is 9.96. The highest BCUT2D eigenvalue weighted by atomic mass is 16.7. The van der Waals surface area contributed by atoms with E-state index in [1.54, 1.807) is 0 Å². The zero-order valence-corrected chi connectivity index (χ0v) is 7.79. The minimum absolute atomic E-state index is 0.0281. The normalized spacial score (nSPS) is 27.0. The number of ether oxygens (including phenoxy) is 2. The van der Waals surface area contributed by atoms with Crippen molar-refractivity contribution in [1.29, 1.82) is 0 Å². The van der Waals surface area contributed by atoms with Gasteiger partial charge in [-0.1, -0.05) is 0 Å². The van der Waals surface area contributed by atoms with Crippen LogP contribution in [0.25, 0.3) is 0 Å². The first-order chi connectivity index (χ1) is 5.83. The van der Waals surface area contributed by atoms with Crippen molar-refractivity contribution in [3.63, 3.8) is 0 Å². The van der Waals surface area contributed by atoms with Gasteiger partial charge in [-0.2, -0.15) is 0 Å². The van der Waals surface area contributed by atoms with Crippen molar-refractivity contribution in [3.8, 4) is 0 Å². The molecule has 2 N–H and O–H groups in total. The second kappa shape index (κ2) is 5.51. The Morgan fingerprint density at radius 1 is 1.58 bits per heavy atom. The van der Waals surface area contributed by atoms with Crippen LogP contribution in [0.3, 0.4) is 0 Å². The molecular weight excluding hydrogens is 154 g/mol. The second-order valence-corrected chi connectivity index (χ2v) is 3.32. The summed E-state index contributed by atoms with van der Waals surface area (Å²) >= 11 is 0. The molecular formula is C9H19NO2. The molecule has 0 aromatic carbocycles. The highest BCUT2D eigenvalue weighted by Gasteiger charge is 2.16. The maximum atomic E-state index is 5.63. The molecule has 72 valence electrons. The fourth-order valence-corrected chi connectivity index (χ4v) is 1.38. The van der Waals surface area contributed by atoms with E-state index in [1.807, 2.05) is 6.92 Å². The molecule has 1 aliphatic rings. The zero-order chi connectivity index (χ0) is 8.81. The van der Waals surface area contributed by atoms with Crippen molar-refractivity contribution < 1.29 is 9.47 Å². The minimum Gasteiger partial charge on any atom is -0.353 e. The molecule has 0 aliphatic carbocycles. The number of hydrogen-bond acceptors (Lipinski definition) is 3. The van der Waals surface area contributed by atoms with E-state index < -0.39 is 0 Å². The standard InChI is InChI=1S/C9H19NO2/c1-8(5-6-10)12-9-4-2-3-7-11-9/h8-9H,2-7,10H2,1H3/t8-,9-/m1/s1. The van der Waals surface area contributed by atoms with Crippen molar-refractivity contribution in [2.24, 2.45) is 5.73 Å². The van der Waals surface area contributed by atoms with Gasteiger partial charge in [-0.15, -0.1) is 0 Å². The van der Waals surface area contributed by atoms with Gasteiger partial charge in [0.1, 0.15) is 0 Å². The zero-order valence-electron chi connectivity index (χ0n) is 7.79. The summed E-state index contributed by atoms with van der Waals surface area (Å²) < 4.78 is 11.1. The number of hydrogen-bond donors (Lipinski definition) is 1. The van der Waals surface area contributed by atoms with Crippen LogP contribution in [-0.4, -0.2) is 25.5 Å². The van der Waals surface area contributed by atoms with E-state index in [2.05, 4.69) is 0 Å². The summed E-state index contributed by atoms with van der Waals surface area (Å²) in [5, 5.41) is 0. The van der Waals surface area contributed by atoms with Crippen LogP contribution >= 0.6 is 0 Å². The summed E-state index contributed by atoms with van der Waals surface area (Å²) in [6, 6.07) is 0. The van der Waals surface area contributed by atoms with Crippen LogP contribution in [0.2, 0.25) is 0 Å². The Bertz CT molecular complexity index is 113. The topological polar surface area (TPSA) is 44.5 Å². The number of rotatable bonds is 4. The lowest BCUT2D eigenvalue weighted by Gasteiger charge is -2.25. The van der Waals surface area contributed by atoms with E-state index in [1.165, 1.54) is 12.8 Å². The fraction of sp³-hybridized carbons (Fsp3) is 1.00. The Hall–Kier alpha value is -0.120. The van der Waals surface area contributed by atoms with E-state index >= 15 is 0 Å². The Morgan fingerprint density at radius 3 is 3.00 bits per heavy atom. The summed E-state index contributed by atoms with van der Waals surface area (Å²) in [6.07, 6.45) is 4.61. The minimum atomic E-state index is 0.0281. The van der Waals surface area contributed by atoms with Crippen LogP contribution in [0.4, 0.5) is 0 Å². The van der Waals surface area contributed by atoms with E-state index in [0.29, 0.717) is 6.54 Å². The van der Waals surface area contributed by atoms with Crippen LogP contribution in [0.1, 0.15) is 32.6 Å². The molecule has 3 nitrogen and oxygen atoms in total. The molecule has 0 radical (unpaired) electrons. The van der Waals surface area contributed by atoms with Gasteiger partial charge in [-0.05, 0) is 39.2 Å². The summed E-state index contributed by atoms with van der Waals surface area (Å²) in [5.74, 6) is 0.